The van der Waals surface area contributed by atoms with Gasteiger partial charge in [-0.3, -0.25) is 4.79 Å². The van der Waals surface area contributed by atoms with Crippen LogP contribution < -0.4 is 5.32 Å². The molecule has 1 N–H and O–H groups in total. The Morgan fingerprint density at radius 1 is 1.34 bits per heavy atom. The number of hydrogen-bond acceptors (Lipinski definition) is 5. The number of benzene rings is 1. The lowest BCUT2D eigenvalue weighted by Crippen LogP contribution is -2.31. The van der Waals surface area contributed by atoms with Crippen molar-refractivity contribution in [3.05, 3.63) is 65.8 Å². The fraction of sp³-hybridized carbons (Fsp3) is 0.238. The molecule has 1 saturated heterocycles. The Kier molecular flexibility index (Phi) is 4.03. The van der Waals surface area contributed by atoms with Crippen LogP contribution in [0.1, 0.15) is 12.1 Å². The number of nitrogens with one attached hydrogen (secondary N) is 1. The number of nitrogens with zero attached hydrogens (tertiary/aromatic N) is 4. The van der Waals surface area contributed by atoms with Crippen LogP contribution in [0.3, 0.4) is 0 Å². The van der Waals surface area contributed by atoms with Crippen LogP contribution in [0.5, 0.6) is 0 Å². The summed E-state index contributed by atoms with van der Waals surface area (Å²) in [6, 6.07) is 8.58. The summed E-state index contributed by atoms with van der Waals surface area (Å²) >= 11 is 5.88. The normalized spacial score (nSPS) is 22.4. The molecule has 1 aromatic carbocycles. The van der Waals surface area contributed by atoms with E-state index in [0.717, 1.165) is 12.1 Å². The van der Waals surface area contributed by atoms with Gasteiger partial charge < -0.3 is 10.2 Å². The van der Waals surface area contributed by atoms with Gasteiger partial charge in [-0.05, 0) is 42.7 Å². The molecule has 3 heterocycles. The van der Waals surface area contributed by atoms with Gasteiger partial charge in [-0.1, -0.05) is 24.2 Å². The first-order valence-electron chi connectivity index (χ1n) is 9.26. The van der Waals surface area contributed by atoms with E-state index in [-0.39, 0.29) is 22.0 Å². The van der Waals surface area contributed by atoms with E-state index in [4.69, 9.17) is 16.6 Å². The average Bonchev–Trinajstić information content (AvgIpc) is 3.31. The minimum atomic E-state index is -0.549. The Labute approximate surface area is 171 Å². The molecule has 2 fully saturated rings. The lowest BCUT2D eigenvalue weighted by Gasteiger charge is -2.19. The number of aromatic nitrogens is 3. The van der Waals surface area contributed by atoms with Gasteiger partial charge in [0, 0.05) is 24.2 Å². The molecule has 3 aromatic rings. The van der Waals surface area contributed by atoms with Crippen molar-refractivity contribution in [2.24, 2.45) is 5.92 Å². The van der Waals surface area contributed by atoms with Crippen LogP contribution in [0.4, 0.5) is 15.9 Å². The zero-order valence-corrected chi connectivity index (χ0v) is 16.2. The molecule has 29 heavy (non-hydrogen) atoms. The molecule has 6 nitrogen and oxygen atoms in total. The number of hydrogen-bond donors (Lipinski definition) is 1. The molecule has 5 rings (SSSR count). The first kappa shape index (κ1) is 18.0. The van der Waals surface area contributed by atoms with E-state index in [0.29, 0.717) is 35.9 Å². The van der Waals surface area contributed by atoms with Crippen LogP contribution in [-0.2, 0) is 10.2 Å². The number of carbonyl (C=O) groups excluding carboxylic acids is 1. The largest absolute Gasteiger partial charge is 0.338 e. The van der Waals surface area contributed by atoms with Crippen molar-refractivity contribution in [3.8, 4) is 0 Å². The van der Waals surface area contributed by atoms with Crippen molar-refractivity contribution in [1.82, 2.24) is 19.9 Å². The smallest absolute Gasteiger partial charge is 0.245 e. The van der Waals surface area contributed by atoms with Crippen LogP contribution in [0.25, 0.3) is 11.0 Å². The Morgan fingerprint density at radius 3 is 3.03 bits per heavy atom. The van der Waals surface area contributed by atoms with E-state index in [1.807, 2.05) is 17.0 Å². The van der Waals surface area contributed by atoms with Gasteiger partial charge in [-0.2, -0.15) is 0 Å². The lowest BCUT2D eigenvalue weighted by molar-refractivity contribution is -0.125. The van der Waals surface area contributed by atoms with Gasteiger partial charge in [0.25, 0.3) is 0 Å². The fourth-order valence-electron chi connectivity index (χ4n) is 4.21. The minimum Gasteiger partial charge on any atom is -0.338 e. The molecule has 0 radical (unpaired) electrons. The number of fused-ring (bicyclic) bond motifs is 2. The molecule has 0 spiro atoms. The van der Waals surface area contributed by atoms with Crippen molar-refractivity contribution in [1.29, 1.82) is 0 Å². The average molecular weight is 410 g/mol. The standard InChI is InChI=1S/C21H17ClFN5O/c1-2-17(29)28-9-12-8-21(12,10-28)16-7-6-15-19(27-16)20(25-11-24-15)26-14-5-3-4-13(22)18(14)23/h2-7,11-12H,1,8-10H2,(H,24,25,26)/t12-,21-/m0/s1. The Hall–Kier alpha value is -3.06. The lowest BCUT2D eigenvalue weighted by atomic mass is 10.0. The summed E-state index contributed by atoms with van der Waals surface area (Å²) in [4.78, 5) is 27.2. The van der Waals surface area contributed by atoms with E-state index < -0.39 is 5.82 Å². The summed E-state index contributed by atoms with van der Waals surface area (Å²) in [7, 11) is 0. The third kappa shape index (κ3) is 2.84. The monoisotopic (exact) mass is 409 g/mol. The summed E-state index contributed by atoms with van der Waals surface area (Å²) in [5.41, 5.74) is 2.19. The zero-order valence-electron chi connectivity index (χ0n) is 15.4. The topological polar surface area (TPSA) is 71.0 Å². The highest BCUT2D eigenvalue weighted by Crippen LogP contribution is 2.58. The molecule has 1 aliphatic carbocycles. The second kappa shape index (κ2) is 6.49. The van der Waals surface area contributed by atoms with E-state index >= 15 is 0 Å². The second-order valence-electron chi connectivity index (χ2n) is 7.49. The van der Waals surface area contributed by atoms with Gasteiger partial charge in [0.2, 0.25) is 5.91 Å². The molecule has 8 heteroatoms. The maximum Gasteiger partial charge on any atom is 0.245 e. The summed E-state index contributed by atoms with van der Waals surface area (Å²) in [5.74, 6) is 0.193. The summed E-state index contributed by atoms with van der Waals surface area (Å²) in [6.07, 6.45) is 3.75. The fourth-order valence-corrected chi connectivity index (χ4v) is 4.39. The molecule has 2 aromatic heterocycles. The number of halogens is 2. The highest BCUT2D eigenvalue weighted by atomic mass is 35.5. The second-order valence-corrected chi connectivity index (χ2v) is 7.90. The highest BCUT2D eigenvalue weighted by molar-refractivity contribution is 6.31. The highest BCUT2D eigenvalue weighted by Gasteiger charge is 2.62. The Balaban J connectivity index is 1.53. The number of likely N-dealkylation sites (tertiary alicyclic amines) is 1. The molecule has 1 amide bonds. The van der Waals surface area contributed by atoms with Crippen molar-refractivity contribution in [2.75, 3.05) is 18.4 Å². The minimum absolute atomic E-state index is 0.0275. The van der Waals surface area contributed by atoms with Crippen molar-refractivity contribution >= 4 is 40.0 Å². The maximum atomic E-state index is 14.3. The van der Waals surface area contributed by atoms with Gasteiger partial charge in [0.1, 0.15) is 11.8 Å². The van der Waals surface area contributed by atoms with Gasteiger partial charge in [0.05, 0.1) is 16.2 Å². The number of piperidine rings is 1. The van der Waals surface area contributed by atoms with Crippen LogP contribution in [0.15, 0.2) is 49.3 Å². The number of pyridine rings is 1. The molecule has 2 aliphatic rings. The van der Waals surface area contributed by atoms with Crippen LogP contribution >= 0.6 is 11.6 Å². The van der Waals surface area contributed by atoms with Gasteiger partial charge >= 0.3 is 0 Å². The van der Waals surface area contributed by atoms with Crippen LogP contribution in [0, 0.1) is 11.7 Å². The SMILES string of the molecule is C=CC(=O)N1C[C@@H]2C[C@]2(c2ccc3ncnc(Nc4cccc(Cl)c4F)c3n2)C1. The van der Waals surface area contributed by atoms with Crippen LogP contribution in [0.2, 0.25) is 5.02 Å². The van der Waals surface area contributed by atoms with Gasteiger partial charge in [-0.15, -0.1) is 0 Å². The number of rotatable bonds is 4. The molecule has 1 aliphatic heterocycles. The predicted molar refractivity (Wildman–Crippen MR) is 109 cm³/mol. The van der Waals surface area contributed by atoms with Crippen LogP contribution in [-0.4, -0.2) is 38.8 Å². The van der Waals surface area contributed by atoms with E-state index in [1.165, 1.54) is 18.5 Å². The Bertz CT molecular complexity index is 1170. The van der Waals surface area contributed by atoms with E-state index in [2.05, 4.69) is 21.9 Å². The zero-order chi connectivity index (χ0) is 20.2. The molecular formula is C21H17ClFN5O. The molecule has 0 bridgehead atoms. The molecule has 0 unspecified atom stereocenters. The summed E-state index contributed by atoms with van der Waals surface area (Å²) in [6.45, 7) is 4.92. The van der Waals surface area contributed by atoms with Crippen molar-refractivity contribution in [2.45, 2.75) is 11.8 Å². The molecule has 146 valence electrons. The van der Waals surface area contributed by atoms with Gasteiger partial charge in [0.15, 0.2) is 11.6 Å². The first-order chi connectivity index (χ1) is 14.0. The first-order valence-corrected chi connectivity index (χ1v) is 9.64. The quantitative estimate of drug-likeness (QED) is 0.663. The number of amides is 1. The maximum absolute atomic E-state index is 14.3. The predicted octanol–water partition coefficient (Wildman–Crippen LogP) is 3.85. The summed E-state index contributed by atoms with van der Waals surface area (Å²) < 4.78 is 14.3. The summed E-state index contributed by atoms with van der Waals surface area (Å²) in [5, 5.41) is 3.01. The Morgan fingerprint density at radius 2 is 2.21 bits per heavy atom. The van der Waals surface area contributed by atoms with E-state index in [9.17, 15) is 9.18 Å². The number of anilines is 2. The molecular weight excluding hydrogens is 393 g/mol. The van der Waals surface area contributed by atoms with Crippen molar-refractivity contribution < 1.29 is 9.18 Å². The van der Waals surface area contributed by atoms with Crippen molar-refractivity contribution in [3.63, 3.8) is 0 Å². The van der Waals surface area contributed by atoms with E-state index in [1.54, 1.807) is 12.1 Å². The third-order valence-corrected chi connectivity index (χ3v) is 6.12. The molecule has 1 saturated carbocycles. The third-order valence-electron chi connectivity index (χ3n) is 5.83. The molecule has 2 atom stereocenters. The van der Waals surface area contributed by atoms with Gasteiger partial charge in [-0.25, -0.2) is 19.3 Å². The number of carbonyl (C=O) groups is 1.